The van der Waals surface area contributed by atoms with E-state index in [-0.39, 0.29) is 0 Å². The fourth-order valence-corrected chi connectivity index (χ4v) is 3.07. The van der Waals surface area contributed by atoms with Crippen LogP contribution in [0.2, 0.25) is 0 Å². The standard InChI is InChI=1S/C17H16N4/c18-16-7-3-5-13-11-21(9-8-14(13)16)17-15-6-2-1-4-12(15)10-19-20-17/h1-7,10H,8-9,11,18H2. The molecule has 0 bridgehead atoms. The van der Waals surface area contributed by atoms with E-state index < -0.39 is 0 Å². The van der Waals surface area contributed by atoms with Crippen molar-refractivity contribution in [3.63, 3.8) is 0 Å². The van der Waals surface area contributed by atoms with Gasteiger partial charge in [-0.25, -0.2) is 0 Å². The molecule has 0 radical (unpaired) electrons. The topological polar surface area (TPSA) is 55.0 Å². The first kappa shape index (κ1) is 12.1. The number of aromatic nitrogens is 2. The van der Waals surface area contributed by atoms with E-state index in [9.17, 15) is 0 Å². The molecule has 4 nitrogen and oxygen atoms in total. The molecule has 104 valence electrons. The third-order valence-corrected chi connectivity index (χ3v) is 4.15. The fourth-order valence-electron chi connectivity index (χ4n) is 3.07. The largest absolute Gasteiger partial charge is 0.398 e. The molecule has 4 rings (SSSR count). The minimum atomic E-state index is 0.836. The van der Waals surface area contributed by atoms with Crippen molar-refractivity contribution in [2.45, 2.75) is 13.0 Å². The Hall–Kier alpha value is -2.62. The Morgan fingerprint density at radius 3 is 2.90 bits per heavy atom. The zero-order valence-corrected chi connectivity index (χ0v) is 11.7. The van der Waals surface area contributed by atoms with Gasteiger partial charge in [-0.3, -0.25) is 0 Å². The van der Waals surface area contributed by atoms with Gasteiger partial charge in [-0.2, -0.15) is 5.10 Å². The molecule has 1 aliphatic rings. The highest BCUT2D eigenvalue weighted by molar-refractivity contribution is 5.91. The predicted octanol–water partition coefficient (Wildman–Crippen LogP) is 2.77. The van der Waals surface area contributed by atoms with Crippen LogP contribution >= 0.6 is 0 Å². The van der Waals surface area contributed by atoms with Gasteiger partial charge >= 0.3 is 0 Å². The first-order valence-electron chi connectivity index (χ1n) is 7.14. The highest BCUT2D eigenvalue weighted by Gasteiger charge is 2.20. The highest BCUT2D eigenvalue weighted by Crippen LogP contribution is 2.30. The van der Waals surface area contributed by atoms with E-state index in [0.29, 0.717) is 0 Å². The van der Waals surface area contributed by atoms with Crippen LogP contribution in [0.25, 0.3) is 10.8 Å². The first-order chi connectivity index (χ1) is 10.3. The van der Waals surface area contributed by atoms with Gasteiger partial charge in [0.15, 0.2) is 5.82 Å². The molecule has 21 heavy (non-hydrogen) atoms. The summed E-state index contributed by atoms with van der Waals surface area (Å²) in [7, 11) is 0. The van der Waals surface area contributed by atoms with Crippen LogP contribution in [0.4, 0.5) is 11.5 Å². The second-order valence-corrected chi connectivity index (χ2v) is 5.41. The average molecular weight is 276 g/mol. The van der Waals surface area contributed by atoms with Crippen molar-refractivity contribution in [2.75, 3.05) is 17.2 Å². The molecule has 0 unspecified atom stereocenters. The van der Waals surface area contributed by atoms with E-state index in [1.54, 1.807) is 0 Å². The van der Waals surface area contributed by atoms with Gasteiger partial charge in [-0.1, -0.05) is 36.4 Å². The SMILES string of the molecule is Nc1cccc2c1CCN(c1nncc3ccccc13)C2. The number of nitrogens with zero attached hydrogens (tertiary/aromatic N) is 3. The number of hydrogen-bond donors (Lipinski definition) is 1. The summed E-state index contributed by atoms with van der Waals surface area (Å²) in [6.45, 7) is 1.76. The van der Waals surface area contributed by atoms with Crippen LogP contribution in [-0.4, -0.2) is 16.7 Å². The van der Waals surface area contributed by atoms with E-state index in [2.05, 4.69) is 33.3 Å². The lowest BCUT2D eigenvalue weighted by atomic mass is 9.98. The number of hydrogen-bond acceptors (Lipinski definition) is 4. The van der Waals surface area contributed by atoms with Gasteiger partial charge in [0.2, 0.25) is 0 Å². The lowest BCUT2D eigenvalue weighted by Crippen LogP contribution is -2.31. The van der Waals surface area contributed by atoms with Gasteiger partial charge in [0.25, 0.3) is 0 Å². The molecule has 4 heteroatoms. The molecule has 1 aliphatic heterocycles. The Balaban J connectivity index is 1.78. The van der Waals surface area contributed by atoms with Crippen molar-refractivity contribution in [3.8, 4) is 0 Å². The molecule has 2 aromatic carbocycles. The van der Waals surface area contributed by atoms with Crippen molar-refractivity contribution >= 4 is 22.3 Å². The molecule has 0 atom stereocenters. The van der Waals surface area contributed by atoms with Gasteiger partial charge in [-0.15, -0.1) is 5.10 Å². The highest BCUT2D eigenvalue weighted by atomic mass is 15.3. The quantitative estimate of drug-likeness (QED) is 0.694. The normalized spacial score (nSPS) is 14.2. The van der Waals surface area contributed by atoms with Crippen LogP contribution in [0, 0.1) is 0 Å². The number of nitrogens with two attached hydrogens (primary N) is 1. The molecule has 0 spiro atoms. The predicted molar refractivity (Wildman–Crippen MR) is 85.1 cm³/mol. The zero-order chi connectivity index (χ0) is 14.2. The summed E-state index contributed by atoms with van der Waals surface area (Å²) < 4.78 is 0. The maximum absolute atomic E-state index is 6.07. The van der Waals surface area contributed by atoms with Gasteiger partial charge in [0, 0.05) is 29.5 Å². The molecule has 1 aromatic heterocycles. The van der Waals surface area contributed by atoms with Gasteiger partial charge in [0.1, 0.15) is 0 Å². The van der Waals surface area contributed by atoms with E-state index in [4.69, 9.17) is 5.73 Å². The Kier molecular flexibility index (Phi) is 2.74. The van der Waals surface area contributed by atoms with Gasteiger partial charge in [0.05, 0.1) is 6.20 Å². The maximum Gasteiger partial charge on any atom is 0.159 e. The van der Waals surface area contributed by atoms with Crippen LogP contribution in [0.3, 0.4) is 0 Å². The third-order valence-electron chi connectivity index (χ3n) is 4.15. The number of nitrogen functional groups attached to an aromatic ring is 1. The summed E-state index contributed by atoms with van der Waals surface area (Å²) >= 11 is 0. The first-order valence-corrected chi connectivity index (χ1v) is 7.14. The molecular formula is C17H16N4. The van der Waals surface area contributed by atoms with Crippen LogP contribution in [-0.2, 0) is 13.0 Å². The van der Waals surface area contributed by atoms with Crippen molar-refractivity contribution in [1.29, 1.82) is 0 Å². The van der Waals surface area contributed by atoms with E-state index >= 15 is 0 Å². The Morgan fingerprint density at radius 2 is 1.95 bits per heavy atom. The van der Waals surface area contributed by atoms with Crippen molar-refractivity contribution in [3.05, 3.63) is 59.8 Å². The maximum atomic E-state index is 6.07. The Labute approximate surface area is 123 Å². The lowest BCUT2D eigenvalue weighted by molar-refractivity contribution is 0.718. The third kappa shape index (κ3) is 2.00. The molecule has 2 N–H and O–H groups in total. The molecule has 0 fully saturated rings. The summed E-state index contributed by atoms with van der Waals surface area (Å²) in [5.41, 5.74) is 9.54. The van der Waals surface area contributed by atoms with Crippen LogP contribution in [0.15, 0.2) is 48.7 Å². The molecule has 0 saturated heterocycles. The Bertz CT molecular complexity index is 807. The number of rotatable bonds is 1. The molecule has 0 saturated carbocycles. The number of benzene rings is 2. The zero-order valence-electron chi connectivity index (χ0n) is 11.7. The molecule has 0 aliphatic carbocycles. The van der Waals surface area contributed by atoms with E-state index in [0.717, 1.165) is 41.8 Å². The molecular weight excluding hydrogens is 260 g/mol. The summed E-state index contributed by atoms with van der Waals surface area (Å²) in [4.78, 5) is 2.29. The summed E-state index contributed by atoms with van der Waals surface area (Å²) in [5, 5.41) is 10.8. The van der Waals surface area contributed by atoms with E-state index in [1.807, 2.05) is 30.5 Å². The monoisotopic (exact) mass is 276 g/mol. The minimum absolute atomic E-state index is 0.836. The van der Waals surface area contributed by atoms with Crippen LogP contribution in [0.1, 0.15) is 11.1 Å². The second-order valence-electron chi connectivity index (χ2n) is 5.41. The van der Waals surface area contributed by atoms with Crippen molar-refractivity contribution < 1.29 is 0 Å². The van der Waals surface area contributed by atoms with Gasteiger partial charge < -0.3 is 10.6 Å². The minimum Gasteiger partial charge on any atom is -0.398 e. The summed E-state index contributed by atoms with van der Waals surface area (Å²) in [5.74, 6) is 0.959. The van der Waals surface area contributed by atoms with E-state index in [1.165, 1.54) is 11.1 Å². The molecule has 3 aromatic rings. The Morgan fingerprint density at radius 1 is 1.05 bits per heavy atom. The van der Waals surface area contributed by atoms with Crippen LogP contribution < -0.4 is 10.6 Å². The second kappa shape index (κ2) is 4.74. The molecule has 0 amide bonds. The van der Waals surface area contributed by atoms with Crippen LogP contribution in [0.5, 0.6) is 0 Å². The lowest BCUT2D eigenvalue weighted by Gasteiger charge is -2.30. The average Bonchev–Trinajstić information content (AvgIpc) is 2.54. The summed E-state index contributed by atoms with van der Waals surface area (Å²) in [6, 6.07) is 14.4. The van der Waals surface area contributed by atoms with Gasteiger partial charge in [-0.05, 0) is 23.6 Å². The summed E-state index contributed by atoms with van der Waals surface area (Å²) in [6.07, 6.45) is 2.77. The van der Waals surface area contributed by atoms with Crippen molar-refractivity contribution in [1.82, 2.24) is 10.2 Å². The molecule has 2 heterocycles. The van der Waals surface area contributed by atoms with Crippen molar-refractivity contribution in [2.24, 2.45) is 0 Å². The number of anilines is 2. The smallest absolute Gasteiger partial charge is 0.159 e. The number of fused-ring (bicyclic) bond motifs is 2. The fraction of sp³-hybridized carbons (Fsp3) is 0.176.